The van der Waals surface area contributed by atoms with E-state index in [1.165, 1.54) is 18.6 Å². The lowest BCUT2D eigenvalue weighted by Gasteiger charge is -2.32. The van der Waals surface area contributed by atoms with Gasteiger partial charge in [0.15, 0.2) is 9.84 Å². The maximum atomic E-state index is 12.6. The van der Waals surface area contributed by atoms with Crippen molar-refractivity contribution >= 4 is 21.4 Å². The molecule has 116 valence electrons. The number of hydrogen-bond donors (Lipinski definition) is 1. The number of sulfone groups is 1. The highest BCUT2D eigenvalue weighted by molar-refractivity contribution is 7.90. The van der Waals surface area contributed by atoms with Gasteiger partial charge in [-0.15, -0.1) is 0 Å². The summed E-state index contributed by atoms with van der Waals surface area (Å²) in [5.41, 5.74) is 6.38. The molecule has 0 heterocycles. The second kappa shape index (κ2) is 6.05. The molecule has 6 heteroatoms. The molecular formula is C15H22N2O3S. The van der Waals surface area contributed by atoms with Gasteiger partial charge in [-0.25, -0.2) is 8.42 Å². The van der Waals surface area contributed by atoms with Gasteiger partial charge in [0, 0.05) is 30.6 Å². The third-order valence-electron chi connectivity index (χ3n) is 3.98. The second-order valence-electron chi connectivity index (χ2n) is 5.70. The first-order valence-corrected chi connectivity index (χ1v) is 9.10. The molecular weight excluding hydrogens is 288 g/mol. The molecule has 1 aromatic carbocycles. The zero-order chi connectivity index (χ0) is 15.6. The van der Waals surface area contributed by atoms with Crippen LogP contribution in [0.5, 0.6) is 0 Å². The molecule has 1 aliphatic rings. The summed E-state index contributed by atoms with van der Waals surface area (Å²) in [4.78, 5) is 14.4. The molecule has 1 fully saturated rings. The third-order valence-corrected chi connectivity index (χ3v) is 5.07. The number of nitrogens with zero attached hydrogens (tertiary/aromatic N) is 1. The predicted molar refractivity (Wildman–Crippen MR) is 82.9 cm³/mol. The highest BCUT2D eigenvalue weighted by Gasteiger charge is 2.24. The lowest BCUT2D eigenvalue weighted by molar-refractivity contribution is 0.0706. The number of carbonyl (C=O) groups is 1. The summed E-state index contributed by atoms with van der Waals surface area (Å²) in [6.45, 7) is 3.27. The lowest BCUT2D eigenvalue weighted by atomic mass is 9.85. The van der Waals surface area contributed by atoms with Gasteiger partial charge in [-0.1, -0.05) is 6.42 Å². The van der Waals surface area contributed by atoms with Crippen molar-refractivity contribution in [1.29, 1.82) is 0 Å². The summed E-state index contributed by atoms with van der Waals surface area (Å²) in [6, 6.07) is 4.34. The molecule has 0 aliphatic heterocycles. The van der Waals surface area contributed by atoms with Crippen molar-refractivity contribution < 1.29 is 13.2 Å². The Balaban J connectivity index is 2.26. The number of hydrogen-bond acceptors (Lipinski definition) is 4. The molecule has 0 aromatic heterocycles. The fourth-order valence-electron chi connectivity index (χ4n) is 2.48. The Bertz CT molecular complexity index is 636. The molecule has 1 aromatic rings. The molecule has 21 heavy (non-hydrogen) atoms. The Morgan fingerprint density at radius 2 is 2.00 bits per heavy atom. The predicted octanol–water partition coefficient (Wildman–Crippen LogP) is 1.93. The molecule has 0 atom stereocenters. The number of carbonyl (C=O) groups excluding carboxylic acids is 1. The monoisotopic (exact) mass is 310 g/mol. The van der Waals surface area contributed by atoms with E-state index in [1.54, 1.807) is 11.0 Å². The van der Waals surface area contributed by atoms with E-state index in [9.17, 15) is 13.2 Å². The Morgan fingerprint density at radius 1 is 1.33 bits per heavy atom. The summed E-state index contributed by atoms with van der Waals surface area (Å²) in [6.07, 6.45) is 4.67. The van der Waals surface area contributed by atoms with Gasteiger partial charge in [-0.3, -0.25) is 4.79 Å². The van der Waals surface area contributed by atoms with Crippen molar-refractivity contribution in [2.24, 2.45) is 5.92 Å². The van der Waals surface area contributed by atoms with Crippen LogP contribution in [0.15, 0.2) is 23.1 Å². The van der Waals surface area contributed by atoms with Gasteiger partial charge in [-0.2, -0.15) is 0 Å². The summed E-state index contributed by atoms with van der Waals surface area (Å²) in [7, 11) is -3.38. The van der Waals surface area contributed by atoms with Crippen LogP contribution < -0.4 is 5.73 Å². The maximum absolute atomic E-state index is 12.6. The Labute approximate surface area is 126 Å². The zero-order valence-electron chi connectivity index (χ0n) is 12.5. The van der Waals surface area contributed by atoms with E-state index in [0.29, 0.717) is 23.7 Å². The van der Waals surface area contributed by atoms with E-state index in [2.05, 4.69) is 0 Å². The second-order valence-corrected chi connectivity index (χ2v) is 7.72. The number of amides is 1. The van der Waals surface area contributed by atoms with E-state index in [-0.39, 0.29) is 10.8 Å². The van der Waals surface area contributed by atoms with Gasteiger partial charge in [0.2, 0.25) is 0 Å². The fraction of sp³-hybridized carbons (Fsp3) is 0.533. The molecule has 2 N–H and O–H groups in total. The van der Waals surface area contributed by atoms with E-state index in [4.69, 9.17) is 5.73 Å². The molecule has 1 amide bonds. The normalized spacial score (nSPS) is 15.5. The van der Waals surface area contributed by atoms with Crippen LogP contribution in [0.1, 0.15) is 36.5 Å². The molecule has 2 rings (SSSR count). The molecule has 0 radical (unpaired) electrons. The molecule has 1 aliphatic carbocycles. The van der Waals surface area contributed by atoms with Crippen LogP contribution in [0.2, 0.25) is 0 Å². The highest BCUT2D eigenvalue weighted by atomic mass is 32.2. The number of rotatable bonds is 5. The van der Waals surface area contributed by atoms with Gasteiger partial charge in [0.05, 0.1) is 4.90 Å². The smallest absolute Gasteiger partial charge is 0.253 e. The standard InChI is InChI=1S/C15H22N2O3S/c1-3-17(10-11-5-4-6-11)15(18)12-7-13(16)9-14(8-12)21(2,19)20/h7-9,11H,3-6,10,16H2,1-2H3. The van der Waals surface area contributed by atoms with Crippen molar-refractivity contribution in [2.45, 2.75) is 31.1 Å². The molecule has 5 nitrogen and oxygen atoms in total. The van der Waals surface area contributed by atoms with Crippen molar-refractivity contribution in [3.8, 4) is 0 Å². The third kappa shape index (κ3) is 3.75. The van der Waals surface area contributed by atoms with Crippen LogP contribution in [0.25, 0.3) is 0 Å². The molecule has 1 saturated carbocycles. The number of nitrogens with two attached hydrogens (primary N) is 1. The van der Waals surface area contributed by atoms with Crippen LogP contribution in [-0.4, -0.2) is 38.6 Å². The average molecular weight is 310 g/mol. The van der Waals surface area contributed by atoms with Crippen LogP contribution in [0.3, 0.4) is 0 Å². The number of benzene rings is 1. The van der Waals surface area contributed by atoms with Gasteiger partial charge in [0.25, 0.3) is 5.91 Å². The van der Waals surface area contributed by atoms with Crippen molar-refractivity contribution in [3.05, 3.63) is 23.8 Å². The first kappa shape index (κ1) is 15.8. The van der Waals surface area contributed by atoms with Crippen molar-refractivity contribution in [2.75, 3.05) is 25.1 Å². The SMILES string of the molecule is CCN(CC1CCC1)C(=O)c1cc(N)cc(S(C)(=O)=O)c1. The minimum Gasteiger partial charge on any atom is -0.399 e. The lowest BCUT2D eigenvalue weighted by Crippen LogP contribution is -2.37. The quantitative estimate of drug-likeness (QED) is 0.843. The maximum Gasteiger partial charge on any atom is 0.253 e. The van der Waals surface area contributed by atoms with Crippen molar-refractivity contribution in [3.63, 3.8) is 0 Å². The molecule has 0 spiro atoms. The number of nitrogen functional groups attached to an aromatic ring is 1. The van der Waals surface area contributed by atoms with E-state index >= 15 is 0 Å². The Hall–Kier alpha value is -1.56. The van der Waals surface area contributed by atoms with E-state index < -0.39 is 9.84 Å². The topological polar surface area (TPSA) is 80.5 Å². The van der Waals surface area contributed by atoms with Crippen LogP contribution >= 0.6 is 0 Å². The molecule has 0 unspecified atom stereocenters. The summed E-state index contributed by atoms with van der Waals surface area (Å²) >= 11 is 0. The van der Waals surface area contributed by atoms with E-state index in [0.717, 1.165) is 25.6 Å². The van der Waals surface area contributed by atoms with Crippen LogP contribution in [-0.2, 0) is 9.84 Å². The fourth-order valence-corrected chi connectivity index (χ4v) is 3.18. The Kier molecular flexibility index (Phi) is 4.56. The number of anilines is 1. The van der Waals surface area contributed by atoms with Gasteiger partial charge >= 0.3 is 0 Å². The highest BCUT2D eigenvalue weighted by Crippen LogP contribution is 2.28. The first-order chi connectivity index (χ1) is 9.81. The average Bonchev–Trinajstić information content (AvgIpc) is 2.35. The summed E-state index contributed by atoms with van der Waals surface area (Å²) in [5, 5.41) is 0. The van der Waals surface area contributed by atoms with Crippen molar-refractivity contribution in [1.82, 2.24) is 4.90 Å². The zero-order valence-corrected chi connectivity index (χ0v) is 13.3. The molecule has 0 saturated heterocycles. The summed E-state index contributed by atoms with van der Waals surface area (Å²) in [5.74, 6) is 0.422. The van der Waals surface area contributed by atoms with Crippen LogP contribution in [0.4, 0.5) is 5.69 Å². The first-order valence-electron chi connectivity index (χ1n) is 7.21. The molecule has 0 bridgehead atoms. The Morgan fingerprint density at radius 3 is 2.48 bits per heavy atom. The summed E-state index contributed by atoms with van der Waals surface area (Å²) < 4.78 is 23.3. The van der Waals surface area contributed by atoms with Gasteiger partial charge in [-0.05, 0) is 43.9 Å². The minimum absolute atomic E-state index is 0.0885. The largest absolute Gasteiger partial charge is 0.399 e. The van der Waals surface area contributed by atoms with Gasteiger partial charge in [0.1, 0.15) is 0 Å². The minimum atomic E-state index is -3.38. The van der Waals surface area contributed by atoms with Gasteiger partial charge < -0.3 is 10.6 Å². The van der Waals surface area contributed by atoms with Crippen LogP contribution in [0, 0.1) is 5.92 Å². The van der Waals surface area contributed by atoms with E-state index in [1.807, 2.05) is 6.92 Å².